The Morgan fingerprint density at radius 2 is 2.17 bits per heavy atom. The summed E-state index contributed by atoms with van der Waals surface area (Å²) in [4.78, 5) is 32.9. The number of carbonyl (C=O) groups excluding carboxylic acids is 2. The van der Waals surface area contributed by atoms with Crippen LogP contribution in [0, 0.1) is 0 Å². The second-order valence-electron chi connectivity index (χ2n) is 4.34. The Morgan fingerprint density at radius 1 is 1.50 bits per heavy atom. The highest BCUT2D eigenvalue weighted by Gasteiger charge is 2.26. The van der Waals surface area contributed by atoms with Crippen molar-refractivity contribution in [2.24, 2.45) is 5.10 Å². The normalized spacial score (nSPS) is 18.3. The van der Waals surface area contributed by atoms with Gasteiger partial charge in [-0.3, -0.25) is 14.4 Å². The zero-order valence-electron chi connectivity index (χ0n) is 9.89. The van der Waals surface area contributed by atoms with E-state index < -0.39 is 23.9 Å². The number of amides is 2. The summed E-state index contributed by atoms with van der Waals surface area (Å²) in [6.45, 7) is 1.11. The topological polar surface area (TPSA) is 128 Å². The molecule has 8 heteroatoms. The molecule has 0 bridgehead atoms. The van der Waals surface area contributed by atoms with Crippen LogP contribution in [-0.2, 0) is 14.4 Å². The molecule has 1 rings (SSSR count). The smallest absolute Gasteiger partial charge is 0.306 e. The maximum atomic E-state index is 11.6. The molecular weight excluding hydrogens is 242 g/mol. The third-order valence-corrected chi connectivity index (χ3v) is 2.33. The molecule has 8 nitrogen and oxygen atoms in total. The van der Waals surface area contributed by atoms with Crippen LogP contribution in [0.3, 0.4) is 0 Å². The van der Waals surface area contributed by atoms with Gasteiger partial charge in [0.1, 0.15) is 5.71 Å². The van der Waals surface area contributed by atoms with E-state index in [0.717, 1.165) is 0 Å². The molecule has 1 heterocycles. The number of carboxylic acids is 1. The minimum absolute atomic E-state index is 0.153. The van der Waals surface area contributed by atoms with Crippen molar-refractivity contribution in [2.75, 3.05) is 6.54 Å². The van der Waals surface area contributed by atoms with Crippen molar-refractivity contribution in [1.82, 2.24) is 10.7 Å². The van der Waals surface area contributed by atoms with Gasteiger partial charge in [-0.2, -0.15) is 5.10 Å². The lowest BCUT2D eigenvalue weighted by atomic mass is 10.0. The van der Waals surface area contributed by atoms with Crippen LogP contribution in [0.15, 0.2) is 5.10 Å². The molecular formula is C10H15N3O5. The Bertz CT molecular complexity index is 402. The van der Waals surface area contributed by atoms with E-state index in [1.807, 2.05) is 0 Å². The first-order valence-electron chi connectivity index (χ1n) is 5.38. The predicted molar refractivity (Wildman–Crippen MR) is 60.7 cm³/mol. The van der Waals surface area contributed by atoms with Gasteiger partial charge in [0.25, 0.3) is 5.91 Å². The third-order valence-electron chi connectivity index (χ3n) is 2.33. The number of nitrogens with zero attached hydrogens (tertiary/aromatic N) is 1. The first-order chi connectivity index (χ1) is 8.30. The summed E-state index contributed by atoms with van der Waals surface area (Å²) < 4.78 is 0. The zero-order valence-corrected chi connectivity index (χ0v) is 9.89. The van der Waals surface area contributed by atoms with Crippen molar-refractivity contribution in [3.8, 4) is 0 Å². The molecule has 1 unspecified atom stereocenters. The Balaban J connectivity index is 2.46. The van der Waals surface area contributed by atoms with Crippen molar-refractivity contribution in [2.45, 2.75) is 31.8 Å². The van der Waals surface area contributed by atoms with Gasteiger partial charge in [0.2, 0.25) is 5.91 Å². The number of rotatable bonds is 5. The van der Waals surface area contributed by atoms with Gasteiger partial charge < -0.3 is 15.5 Å². The lowest BCUT2D eigenvalue weighted by Crippen LogP contribution is -2.45. The molecule has 1 atom stereocenters. The van der Waals surface area contributed by atoms with Gasteiger partial charge >= 0.3 is 5.97 Å². The van der Waals surface area contributed by atoms with Crippen LogP contribution in [0.4, 0.5) is 0 Å². The van der Waals surface area contributed by atoms with Crippen molar-refractivity contribution in [1.29, 1.82) is 0 Å². The lowest BCUT2D eigenvalue weighted by molar-refractivity contribution is -0.142. The molecule has 1 aliphatic rings. The number of carboxylic acid groups (broad SMARTS) is 1. The van der Waals surface area contributed by atoms with Crippen molar-refractivity contribution in [3.63, 3.8) is 0 Å². The van der Waals surface area contributed by atoms with Crippen LogP contribution in [0.5, 0.6) is 0 Å². The number of hydrogen-bond acceptors (Lipinski definition) is 5. The van der Waals surface area contributed by atoms with E-state index in [1.165, 1.54) is 6.92 Å². The van der Waals surface area contributed by atoms with Gasteiger partial charge in [-0.1, -0.05) is 0 Å². The van der Waals surface area contributed by atoms with Crippen LogP contribution in [-0.4, -0.2) is 45.9 Å². The zero-order chi connectivity index (χ0) is 13.8. The van der Waals surface area contributed by atoms with E-state index in [2.05, 4.69) is 15.8 Å². The predicted octanol–water partition coefficient (Wildman–Crippen LogP) is -1.41. The van der Waals surface area contributed by atoms with Crippen LogP contribution in [0.25, 0.3) is 0 Å². The highest BCUT2D eigenvalue weighted by Crippen LogP contribution is 2.07. The average molecular weight is 257 g/mol. The Hall–Kier alpha value is -1.96. The highest BCUT2D eigenvalue weighted by atomic mass is 16.4. The van der Waals surface area contributed by atoms with Crippen LogP contribution in [0.1, 0.15) is 26.2 Å². The minimum atomic E-state index is -1.53. The molecule has 100 valence electrons. The van der Waals surface area contributed by atoms with E-state index >= 15 is 0 Å². The molecule has 0 saturated heterocycles. The number of carbonyl (C=O) groups is 3. The molecule has 0 fully saturated rings. The molecule has 18 heavy (non-hydrogen) atoms. The fourth-order valence-corrected chi connectivity index (χ4v) is 1.40. The number of nitrogens with one attached hydrogen (secondary N) is 2. The fourth-order valence-electron chi connectivity index (χ4n) is 1.40. The van der Waals surface area contributed by atoms with E-state index in [-0.39, 0.29) is 31.0 Å². The Morgan fingerprint density at radius 3 is 2.67 bits per heavy atom. The molecule has 4 N–H and O–H groups in total. The summed E-state index contributed by atoms with van der Waals surface area (Å²) in [5, 5.41) is 24.2. The second kappa shape index (κ2) is 5.58. The molecule has 0 aromatic rings. The van der Waals surface area contributed by atoms with Crippen molar-refractivity contribution < 1.29 is 24.6 Å². The standard InChI is InChI=1S/C10H15N3O5/c1-10(18,4-8(15)16)5-11-9(17)6-2-3-7(14)13-12-6/h18H,2-5H2,1H3,(H,11,17)(H,13,14)(H,15,16). The molecule has 0 saturated carbocycles. The largest absolute Gasteiger partial charge is 0.481 e. The first kappa shape index (κ1) is 14.1. The number of aliphatic hydroxyl groups is 1. The van der Waals surface area contributed by atoms with Gasteiger partial charge in [-0.25, -0.2) is 5.43 Å². The summed E-state index contributed by atoms with van der Waals surface area (Å²) in [6, 6.07) is 0. The SMILES string of the molecule is CC(O)(CNC(=O)C1=NNC(=O)CC1)CC(=O)O. The average Bonchev–Trinajstić information content (AvgIpc) is 2.25. The minimum Gasteiger partial charge on any atom is -0.481 e. The van der Waals surface area contributed by atoms with Crippen molar-refractivity contribution in [3.05, 3.63) is 0 Å². The van der Waals surface area contributed by atoms with E-state index in [9.17, 15) is 19.5 Å². The summed E-state index contributed by atoms with van der Waals surface area (Å²) >= 11 is 0. The van der Waals surface area contributed by atoms with Gasteiger partial charge in [0.05, 0.1) is 12.0 Å². The summed E-state index contributed by atoms with van der Waals surface area (Å²) in [7, 11) is 0. The monoisotopic (exact) mass is 257 g/mol. The third kappa shape index (κ3) is 4.50. The quantitative estimate of drug-likeness (QED) is 0.481. The summed E-state index contributed by atoms with van der Waals surface area (Å²) in [5.41, 5.74) is 0.800. The van der Waals surface area contributed by atoms with Crippen LogP contribution >= 0.6 is 0 Å². The molecule has 0 spiro atoms. The van der Waals surface area contributed by atoms with E-state index in [1.54, 1.807) is 0 Å². The van der Waals surface area contributed by atoms with Crippen LogP contribution < -0.4 is 10.7 Å². The summed E-state index contributed by atoms with van der Waals surface area (Å²) in [5.74, 6) is -1.94. The summed E-state index contributed by atoms with van der Waals surface area (Å²) in [6.07, 6.45) is -0.0764. The van der Waals surface area contributed by atoms with Crippen molar-refractivity contribution >= 4 is 23.5 Å². The maximum Gasteiger partial charge on any atom is 0.306 e. The van der Waals surface area contributed by atoms with E-state index in [4.69, 9.17) is 5.11 Å². The number of hydrazone groups is 1. The Labute approximate surface area is 103 Å². The van der Waals surface area contributed by atoms with E-state index in [0.29, 0.717) is 0 Å². The van der Waals surface area contributed by atoms with Gasteiger partial charge in [-0.15, -0.1) is 0 Å². The molecule has 0 aromatic heterocycles. The maximum absolute atomic E-state index is 11.6. The fraction of sp³-hybridized carbons (Fsp3) is 0.600. The second-order valence-corrected chi connectivity index (χ2v) is 4.34. The lowest BCUT2D eigenvalue weighted by Gasteiger charge is -2.22. The molecule has 0 radical (unpaired) electrons. The Kier molecular flexibility index (Phi) is 4.38. The number of hydrogen-bond donors (Lipinski definition) is 4. The van der Waals surface area contributed by atoms with Crippen LogP contribution in [0.2, 0.25) is 0 Å². The molecule has 0 aliphatic carbocycles. The van der Waals surface area contributed by atoms with Gasteiger partial charge in [-0.05, 0) is 6.92 Å². The molecule has 1 aliphatic heterocycles. The first-order valence-corrected chi connectivity index (χ1v) is 5.38. The van der Waals surface area contributed by atoms with Gasteiger partial charge in [0.15, 0.2) is 0 Å². The molecule has 0 aromatic carbocycles. The number of aliphatic carboxylic acids is 1. The highest BCUT2D eigenvalue weighted by molar-refractivity contribution is 6.39. The van der Waals surface area contributed by atoms with Gasteiger partial charge in [0, 0.05) is 19.4 Å². The molecule has 2 amide bonds.